The van der Waals surface area contributed by atoms with Crippen molar-refractivity contribution in [2.24, 2.45) is 0 Å². The van der Waals surface area contributed by atoms with E-state index in [-0.39, 0.29) is 11.4 Å². The molecule has 0 heterocycles. The highest BCUT2D eigenvalue weighted by Crippen LogP contribution is 2.22. The van der Waals surface area contributed by atoms with E-state index in [1.54, 1.807) is 0 Å². The molecule has 1 rings (SSSR count). The summed E-state index contributed by atoms with van der Waals surface area (Å²) in [5.74, 6) is -0.625. The van der Waals surface area contributed by atoms with E-state index in [4.69, 9.17) is 0 Å². The zero-order chi connectivity index (χ0) is 16.1. The lowest BCUT2D eigenvalue weighted by Gasteiger charge is -2.19. The van der Waals surface area contributed by atoms with Crippen LogP contribution < -0.4 is 10.0 Å². The highest BCUT2D eigenvalue weighted by atomic mass is 32.2. The van der Waals surface area contributed by atoms with E-state index in [1.807, 2.05) is 6.92 Å². The third-order valence-electron chi connectivity index (χ3n) is 2.77. The van der Waals surface area contributed by atoms with Crippen LogP contribution in [0.3, 0.4) is 0 Å². The minimum atomic E-state index is -3.90. The number of hydrogen-bond acceptors (Lipinski definition) is 4. The fourth-order valence-electron chi connectivity index (χ4n) is 1.61. The normalized spacial score (nSPS) is 12.4. The number of rotatable bonds is 8. The number of aliphatic hydroxyl groups is 1. The highest BCUT2D eigenvalue weighted by molar-refractivity contribution is 7.89. The first-order valence-corrected chi connectivity index (χ1v) is 8.39. The van der Waals surface area contributed by atoms with Gasteiger partial charge in [-0.05, 0) is 38.5 Å². The standard InChI is InChI=1S/C14H23FN2O3S/c1-4-5-8-16-12-7-6-11(15)9-13(12)21(19,20)17-10-14(2,3)18/h6-7,9,16-18H,4-5,8,10H2,1-3H3. The van der Waals surface area contributed by atoms with Gasteiger partial charge in [-0.15, -0.1) is 0 Å². The van der Waals surface area contributed by atoms with Gasteiger partial charge >= 0.3 is 0 Å². The Kier molecular flexibility index (Phi) is 6.12. The van der Waals surface area contributed by atoms with Crippen LogP contribution in [0.5, 0.6) is 0 Å². The number of anilines is 1. The molecule has 0 atom stereocenters. The largest absolute Gasteiger partial charge is 0.389 e. The van der Waals surface area contributed by atoms with Crippen molar-refractivity contribution >= 4 is 15.7 Å². The molecule has 0 spiro atoms. The van der Waals surface area contributed by atoms with Gasteiger partial charge in [0.05, 0.1) is 11.3 Å². The van der Waals surface area contributed by atoms with E-state index >= 15 is 0 Å². The van der Waals surface area contributed by atoms with Crippen LogP contribution in [0, 0.1) is 5.82 Å². The van der Waals surface area contributed by atoms with Gasteiger partial charge in [0.25, 0.3) is 0 Å². The third kappa shape index (κ3) is 5.99. The summed E-state index contributed by atoms with van der Waals surface area (Å²) in [6.45, 7) is 5.45. The van der Waals surface area contributed by atoms with Crippen LogP contribution in [0.4, 0.5) is 10.1 Å². The molecule has 0 unspecified atom stereocenters. The molecule has 0 amide bonds. The SMILES string of the molecule is CCCCNc1ccc(F)cc1S(=O)(=O)NCC(C)(C)O. The molecule has 5 nitrogen and oxygen atoms in total. The van der Waals surface area contributed by atoms with Gasteiger partial charge in [-0.3, -0.25) is 0 Å². The van der Waals surface area contributed by atoms with Gasteiger partial charge in [0.15, 0.2) is 0 Å². The Hall–Kier alpha value is -1.18. The van der Waals surface area contributed by atoms with Crippen molar-refractivity contribution in [2.75, 3.05) is 18.4 Å². The van der Waals surface area contributed by atoms with Gasteiger partial charge in [-0.25, -0.2) is 17.5 Å². The second-order valence-electron chi connectivity index (χ2n) is 5.56. The maximum absolute atomic E-state index is 13.4. The quantitative estimate of drug-likeness (QED) is 0.641. The Balaban J connectivity index is 3.00. The lowest BCUT2D eigenvalue weighted by Crippen LogP contribution is -2.38. The van der Waals surface area contributed by atoms with E-state index < -0.39 is 21.4 Å². The Bertz CT molecular complexity index is 568. The molecule has 0 saturated heterocycles. The summed E-state index contributed by atoms with van der Waals surface area (Å²) in [6, 6.07) is 3.59. The minimum Gasteiger partial charge on any atom is -0.389 e. The van der Waals surface area contributed by atoms with Crippen molar-refractivity contribution in [3.8, 4) is 0 Å². The van der Waals surface area contributed by atoms with Crippen molar-refractivity contribution in [1.82, 2.24) is 4.72 Å². The maximum atomic E-state index is 13.4. The van der Waals surface area contributed by atoms with Crippen molar-refractivity contribution in [1.29, 1.82) is 0 Å². The fraction of sp³-hybridized carbons (Fsp3) is 0.571. The molecule has 3 N–H and O–H groups in total. The Morgan fingerprint density at radius 2 is 2.00 bits per heavy atom. The van der Waals surface area contributed by atoms with Gasteiger partial charge in [0.2, 0.25) is 10.0 Å². The van der Waals surface area contributed by atoms with Crippen LogP contribution in [0.2, 0.25) is 0 Å². The number of benzene rings is 1. The Morgan fingerprint density at radius 1 is 1.33 bits per heavy atom. The molecule has 120 valence electrons. The third-order valence-corrected chi connectivity index (χ3v) is 4.21. The molecule has 0 radical (unpaired) electrons. The molecular weight excluding hydrogens is 295 g/mol. The van der Waals surface area contributed by atoms with Gasteiger partial charge in [-0.2, -0.15) is 0 Å². The van der Waals surface area contributed by atoms with Crippen LogP contribution in [-0.2, 0) is 10.0 Å². The van der Waals surface area contributed by atoms with Gasteiger partial charge in [0, 0.05) is 13.1 Å². The Labute approximate surface area is 125 Å². The molecule has 7 heteroatoms. The number of hydrogen-bond donors (Lipinski definition) is 3. The fourth-order valence-corrected chi connectivity index (χ4v) is 3.01. The first-order chi connectivity index (χ1) is 9.65. The van der Waals surface area contributed by atoms with E-state index in [0.717, 1.165) is 18.9 Å². The Morgan fingerprint density at radius 3 is 2.57 bits per heavy atom. The average Bonchev–Trinajstić information content (AvgIpc) is 2.38. The molecule has 0 aromatic heterocycles. The zero-order valence-corrected chi connectivity index (χ0v) is 13.4. The minimum absolute atomic E-state index is 0.150. The number of sulfonamides is 1. The zero-order valence-electron chi connectivity index (χ0n) is 12.6. The monoisotopic (exact) mass is 318 g/mol. The van der Waals surface area contributed by atoms with E-state index in [9.17, 15) is 17.9 Å². The molecule has 0 aliphatic carbocycles. The van der Waals surface area contributed by atoms with Gasteiger partial charge in [0.1, 0.15) is 10.7 Å². The summed E-state index contributed by atoms with van der Waals surface area (Å²) >= 11 is 0. The molecule has 0 fully saturated rings. The van der Waals surface area contributed by atoms with Crippen LogP contribution in [-0.4, -0.2) is 32.2 Å². The van der Waals surface area contributed by atoms with Crippen LogP contribution in [0.15, 0.2) is 23.1 Å². The first-order valence-electron chi connectivity index (χ1n) is 6.91. The van der Waals surface area contributed by atoms with E-state index in [2.05, 4.69) is 10.0 Å². The summed E-state index contributed by atoms with van der Waals surface area (Å²) < 4.78 is 40.2. The molecule has 0 aliphatic rings. The van der Waals surface area contributed by atoms with E-state index in [0.29, 0.717) is 12.2 Å². The molecule has 0 bridgehead atoms. The van der Waals surface area contributed by atoms with Crippen molar-refractivity contribution in [2.45, 2.75) is 44.1 Å². The molecule has 21 heavy (non-hydrogen) atoms. The highest BCUT2D eigenvalue weighted by Gasteiger charge is 2.22. The molecule has 0 aliphatic heterocycles. The molecule has 0 saturated carbocycles. The topological polar surface area (TPSA) is 78.4 Å². The smallest absolute Gasteiger partial charge is 0.242 e. The van der Waals surface area contributed by atoms with Crippen LogP contribution in [0.25, 0.3) is 0 Å². The number of nitrogens with one attached hydrogen (secondary N) is 2. The van der Waals surface area contributed by atoms with E-state index in [1.165, 1.54) is 26.0 Å². The average molecular weight is 318 g/mol. The summed E-state index contributed by atoms with van der Waals surface area (Å²) in [6.07, 6.45) is 1.85. The summed E-state index contributed by atoms with van der Waals surface area (Å²) in [7, 11) is -3.90. The van der Waals surface area contributed by atoms with Crippen molar-refractivity contribution < 1.29 is 17.9 Å². The van der Waals surface area contributed by atoms with Gasteiger partial charge < -0.3 is 10.4 Å². The second-order valence-corrected chi connectivity index (χ2v) is 7.29. The summed E-state index contributed by atoms with van der Waals surface area (Å²) in [5.41, 5.74) is -0.830. The first kappa shape index (κ1) is 17.9. The number of halogens is 1. The number of unbranched alkanes of at least 4 members (excludes halogenated alkanes) is 1. The molecular formula is C14H23FN2O3S. The van der Waals surface area contributed by atoms with Crippen LogP contribution in [0.1, 0.15) is 33.6 Å². The maximum Gasteiger partial charge on any atom is 0.242 e. The summed E-state index contributed by atoms with van der Waals surface area (Å²) in [4.78, 5) is -0.150. The van der Waals surface area contributed by atoms with Crippen molar-refractivity contribution in [3.63, 3.8) is 0 Å². The lowest BCUT2D eigenvalue weighted by atomic mass is 10.1. The molecule has 1 aromatic carbocycles. The lowest BCUT2D eigenvalue weighted by molar-refractivity contribution is 0.0857. The van der Waals surface area contributed by atoms with Crippen LogP contribution >= 0.6 is 0 Å². The predicted molar refractivity (Wildman–Crippen MR) is 81.3 cm³/mol. The molecule has 1 aromatic rings. The van der Waals surface area contributed by atoms with Gasteiger partial charge in [-0.1, -0.05) is 13.3 Å². The summed E-state index contributed by atoms with van der Waals surface area (Å²) in [5, 5.41) is 12.6. The van der Waals surface area contributed by atoms with Crippen molar-refractivity contribution in [3.05, 3.63) is 24.0 Å². The predicted octanol–water partition coefficient (Wildman–Crippen LogP) is 2.09. The second kappa shape index (κ2) is 7.20.